The van der Waals surface area contributed by atoms with Crippen molar-refractivity contribution in [2.24, 2.45) is 0 Å². The van der Waals surface area contributed by atoms with E-state index in [4.69, 9.17) is 25.5 Å². The van der Waals surface area contributed by atoms with E-state index in [2.05, 4.69) is 10.1 Å². The van der Waals surface area contributed by atoms with Crippen molar-refractivity contribution < 1.29 is 50.4 Å². The van der Waals surface area contributed by atoms with Crippen LogP contribution in [-0.4, -0.2) is 84.1 Å². The van der Waals surface area contributed by atoms with Crippen LogP contribution in [0.2, 0.25) is 0 Å². The molecule has 9 N–H and O–H groups in total. The molecule has 1 heterocycles. The number of hydrogen-bond donors (Lipinski definition) is 9. The van der Waals surface area contributed by atoms with Gasteiger partial charge in [0.15, 0.2) is 23.5 Å². The number of rotatable bonds is 3. The maximum absolute atomic E-state index is 11.8. The number of phenols is 3. The fourth-order valence-electron chi connectivity index (χ4n) is 2.54. The minimum absolute atomic E-state index is 0.0478. The number of aliphatic hydroxyl groups excluding tert-OH is 5. The number of aliphatic hydroxyl groups is 5. The van der Waals surface area contributed by atoms with E-state index in [0.29, 0.717) is 5.69 Å². The molecule has 2 aromatic rings. The Hall–Kier alpha value is -2.93. The average Bonchev–Trinajstić information content (AvgIpc) is 2.73. The molecule has 5 atom stereocenters. The normalized spacial score (nSPS) is 25.7. The Labute approximate surface area is 170 Å². The molecule has 11 nitrogen and oxygen atoms in total. The summed E-state index contributed by atoms with van der Waals surface area (Å²) in [6.07, 6.45) is -7.04. The molecule has 0 aromatic heterocycles. The first-order valence-corrected chi connectivity index (χ1v) is 8.75. The Morgan fingerprint density at radius 3 is 2.00 bits per heavy atom. The van der Waals surface area contributed by atoms with Gasteiger partial charge in [-0.25, -0.2) is 0 Å². The van der Waals surface area contributed by atoms with Crippen molar-refractivity contribution >= 4 is 11.6 Å². The second-order valence-corrected chi connectivity index (χ2v) is 6.40. The average molecular weight is 425 g/mol. The zero-order valence-corrected chi connectivity index (χ0v) is 15.5. The Morgan fingerprint density at radius 1 is 0.900 bits per heavy atom. The van der Waals surface area contributed by atoms with Crippen molar-refractivity contribution in [3.8, 4) is 17.2 Å². The summed E-state index contributed by atoms with van der Waals surface area (Å²) in [7, 11) is 0. The molecule has 1 aliphatic heterocycles. The zero-order valence-electron chi connectivity index (χ0n) is 15.5. The maximum atomic E-state index is 11.8. The van der Waals surface area contributed by atoms with Crippen LogP contribution in [0.3, 0.4) is 0 Å². The number of nitrogens with one attached hydrogen (secondary N) is 1. The molecule has 2 aromatic carbocycles. The summed E-state index contributed by atoms with van der Waals surface area (Å²) >= 11 is 0. The van der Waals surface area contributed by atoms with Crippen molar-refractivity contribution in [2.75, 3.05) is 11.9 Å². The first-order chi connectivity index (χ1) is 14.1. The van der Waals surface area contributed by atoms with E-state index in [1.165, 1.54) is 0 Å². The molecule has 0 aliphatic carbocycles. The Morgan fingerprint density at radius 2 is 1.47 bits per heavy atom. The summed E-state index contributed by atoms with van der Waals surface area (Å²) in [5.74, 6) is -2.24. The highest BCUT2D eigenvalue weighted by atomic mass is 16.6. The van der Waals surface area contributed by atoms with Gasteiger partial charge in [0.2, 0.25) is 0 Å². The molecule has 11 heteroatoms. The van der Waals surface area contributed by atoms with Crippen LogP contribution in [0.5, 0.6) is 17.2 Å². The first kappa shape index (κ1) is 23.3. The molecule has 1 fully saturated rings. The maximum Gasteiger partial charge on any atom is 0.255 e. The molecule has 0 radical (unpaired) electrons. The first-order valence-electron chi connectivity index (χ1n) is 8.75. The predicted octanol–water partition coefficient (Wildman–Crippen LogP) is -1.17. The van der Waals surface area contributed by atoms with E-state index in [0.717, 1.165) is 12.1 Å². The molecule has 1 saturated heterocycles. The fraction of sp³-hybridized carbons (Fsp3) is 0.316. The van der Waals surface area contributed by atoms with Gasteiger partial charge in [-0.1, -0.05) is 18.2 Å². The lowest BCUT2D eigenvalue weighted by Crippen LogP contribution is -2.58. The van der Waals surface area contributed by atoms with Gasteiger partial charge in [-0.05, 0) is 24.3 Å². The third kappa shape index (κ3) is 5.57. The molecule has 3 rings (SSSR count). The molecule has 0 bridgehead atoms. The molecule has 0 saturated carbocycles. The van der Waals surface area contributed by atoms with Crippen molar-refractivity contribution in [1.82, 2.24) is 0 Å². The predicted molar refractivity (Wildman–Crippen MR) is 102 cm³/mol. The van der Waals surface area contributed by atoms with Gasteiger partial charge in [0, 0.05) is 11.3 Å². The summed E-state index contributed by atoms with van der Waals surface area (Å²) in [5, 5.41) is 75.0. The van der Waals surface area contributed by atoms with Crippen molar-refractivity contribution in [3.05, 3.63) is 48.0 Å². The highest BCUT2D eigenvalue weighted by Gasteiger charge is 2.42. The van der Waals surface area contributed by atoms with Crippen molar-refractivity contribution in [3.63, 3.8) is 0 Å². The zero-order chi connectivity index (χ0) is 22.4. The highest BCUT2D eigenvalue weighted by Crippen LogP contribution is 2.35. The van der Waals surface area contributed by atoms with E-state index in [1.807, 2.05) is 6.07 Å². The number of carbonyl (C=O) groups excluding carboxylic acids is 1. The van der Waals surface area contributed by atoms with Crippen LogP contribution < -0.4 is 5.32 Å². The van der Waals surface area contributed by atoms with Crippen molar-refractivity contribution in [2.45, 2.75) is 30.7 Å². The van der Waals surface area contributed by atoms with E-state index in [-0.39, 0.29) is 5.56 Å². The van der Waals surface area contributed by atoms with Crippen LogP contribution in [0, 0.1) is 0 Å². The Balaban J connectivity index is 0.000000232. The van der Waals surface area contributed by atoms with Crippen LogP contribution >= 0.6 is 0 Å². The largest absolute Gasteiger partial charge is 0.504 e. The Kier molecular flexibility index (Phi) is 7.94. The molecule has 164 valence electrons. The molecular formula is C19H23NO10. The minimum Gasteiger partial charge on any atom is -0.504 e. The van der Waals surface area contributed by atoms with Crippen LogP contribution in [0.1, 0.15) is 10.4 Å². The lowest BCUT2D eigenvalue weighted by molar-refractivity contribution is -0.286. The van der Waals surface area contributed by atoms with Gasteiger partial charge in [0.25, 0.3) is 5.91 Å². The van der Waals surface area contributed by atoms with E-state index in [9.17, 15) is 20.1 Å². The summed E-state index contributed by atoms with van der Waals surface area (Å²) in [5.41, 5.74) is 0.640. The summed E-state index contributed by atoms with van der Waals surface area (Å²) < 4.78 is 4.58. The van der Waals surface area contributed by atoms with Crippen LogP contribution in [0.4, 0.5) is 5.69 Å². The van der Waals surface area contributed by atoms with Gasteiger partial charge in [0.1, 0.15) is 24.4 Å². The number of amides is 1. The molecular weight excluding hydrogens is 402 g/mol. The number of ether oxygens (including phenoxy) is 1. The monoisotopic (exact) mass is 425 g/mol. The molecule has 1 aliphatic rings. The second-order valence-electron chi connectivity index (χ2n) is 6.40. The molecule has 0 spiro atoms. The third-order valence-electron chi connectivity index (χ3n) is 4.23. The number of carbonyl (C=O) groups is 1. The van der Waals surface area contributed by atoms with Gasteiger partial charge >= 0.3 is 0 Å². The number of aromatic hydroxyl groups is 3. The van der Waals surface area contributed by atoms with Gasteiger partial charge in [0.05, 0.1) is 6.61 Å². The number of para-hydroxylation sites is 1. The number of phenolic OH excluding ortho intramolecular Hbond substituents is 3. The van der Waals surface area contributed by atoms with E-state index >= 15 is 0 Å². The fourth-order valence-corrected chi connectivity index (χ4v) is 2.54. The van der Waals surface area contributed by atoms with Crippen LogP contribution in [0.25, 0.3) is 0 Å². The summed E-state index contributed by atoms with van der Waals surface area (Å²) in [4.78, 5) is 11.8. The van der Waals surface area contributed by atoms with Gasteiger partial charge in [-0.2, -0.15) is 0 Å². The van der Waals surface area contributed by atoms with E-state index in [1.54, 1.807) is 24.3 Å². The van der Waals surface area contributed by atoms with Crippen molar-refractivity contribution in [1.29, 1.82) is 0 Å². The smallest absolute Gasteiger partial charge is 0.255 e. The topological polar surface area (TPSA) is 200 Å². The number of benzene rings is 2. The molecule has 30 heavy (non-hydrogen) atoms. The lowest BCUT2D eigenvalue weighted by Gasteiger charge is -2.37. The minimum atomic E-state index is -1.57. The van der Waals surface area contributed by atoms with Gasteiger partial charge in [-0.15, -0.1) is 0 Å². The quantitative estimate of drug-likeness (QED) is 0.270. The molecule has 1 amide bonds. The van der Waals surface area contributed by atoms with Gasteiger partial charge in [-0.3, -0.25) is 4.79 Å². The van der Waals surface area contributed by atoms with Crippen LogP contribution in [0.15, 0.2) is 42.5 Å². The lowest BCUT2D eigenvalue weighted by atomic mass is 10.00. The second kappa shape index (κ2) is 10.2. The molecule has 0 unspecified atom stereocenters. The van der Waals surface area contributed by atoms with Crippen LogP contribution in [-0.2, 0) is 4.74 Å². The summed E-state index contributed by atoms with van der Waals surface area (Å²) in [6, 6.07) is 10.9. The number of anilines is 1. The SMILES string of the molecule is O=C(Nc1ccccc1)c1cc(O)c(O)c(O)c1.OC[C@H]1O[C@@H](O)[C@H](O)[C@@H](O)[C@@H]1O. The third-order valence-corrected chi connectivity index (χ3v) is 4.23. The van der Waals surface area contributed by atoms with E-state index < -0.39 is 60.5 Å². The Bertz CT molecular complexity index is 819. The highest BCUT2D eigenvalue weighted by molar-refractivity contribution is 6.05. The number of hydrogen-bond acceptors (Lipinski definition) is 10. The van der Waals surface area contributed by atoms with Gasteiger partial charge < -0.3 is 50.9 Å². The summed E-state index contributed by atoms with van der Waals surface area (Å²) in [6.45, 7) is -0.526. The standard InChI is InChI=1S/C13H11NO4.C6H12O6/c15-10-6-8(7-11(16)12(10)17)13(18)14-9-4-2-1-3-5-9;7-1-2-3(8)4(9)5(10)6(11)12-2/h1-7,15-17H,(H,14,18);2-11H,1H2/t;2-,3-,4+,5-,6-/m.1/s1.